The molecule has 0 radical (unpaired) electrons. The minimum atomic E-state index is -0.259. The maximum Gasteiger partial charge on any atom is 0.320 e. The van der Waals surface area contributed by atoms with Crippen LogP contribution in [0.3, 0.4) is 0 Å². The fourth-order valence-corrected chi connectivity index (χ4v) is 7.16. The molecular weight excluding hydrogens is 372 g/mol. The molecule has 2 bridgehead atoms. The number of fused-ring (bicyclic) bond motifs is 4. The molecule has 5 rings (SSSR count). The number of nitrogens with zero attached hydrogens (tertiary/aromatic N) is 2. The molecule has 2 amide bonds. The van der Waals surface area contributed by atoms with Crippen LogP contribution in [0.2, 0.25) is 0 Å². The SMILES string of the molecule is CC1(C)[C@H]2Cc3ccccc3[C@]1(C)CCN2C(=O)N1CCCC2(CCCCC2=O)C1. The maximum atomic E-state index is 13.8. The number of ketones is 1. The average Bonchev–Trinajstić information content (AvgIpc) is 2.73. The van der Waals surface area contributed by atoms with E-state index in [-0.39, 0.29) is 28.3 Å². The summed E-state index contributed by atoms with van der Waals surface area (Å²) in [4.78, 5) is 30.9. The molecule has 1 saturated carbocycles. The van der Waals surface area contributed by atoms with E-state index in [1.54, 1.807) is 0 Å². The van der Waals surface area contributed by atoms with E-state index in [0.29, 0.717) is 18.7 Å². The summed E-state index contributed by atoms with van der Waals surface area (Å²) in [6.07, 6.45) is 7.68. The largest absolute Gasteiger partial charge is 0.324 e. The smallest absolute Gasteiger partial charge is 0.320 e. The number of hydrogen-bond acceptors (Lipinski definition) is 2. The Morgan fingerprint density at radius 1 is 1.00 bits per heavy atom. The van der Waals surface area contributed by atoms with Gasteiger partial charge in [0.15, 0.2) is 0 Å². The Balaban J connectivity index is 1.43. The molecule has 1 aromatic rings. The minimum Gasteiger partial charge on any atom is -0.324 e. The van der Waals surface area contributed by atoms with Gasteiger partial charge in [-0.3, -0.25) is 4.79 Å². The highest BCUT2D eigenvalue weighted by Crippen LogP contribution is 2.56. The van der Waals surface area contributed by atoms with Crippen molar-refractivity contribution in [2.75, 3.05) is 19.6 Å². The van der Waals surface area contributed by atoms with Crippen molar-refractivity contribution in [1.29, 1.82) is 0 Å². The van der Waals surface area contributed by atoms with Gasteiger partial charge in [-0.1, -0.05) is 51.5 Å². The van der Waals surface area contributed by atoms with Gasteiger partial charge in [-0.15, -0.1) is 0 Å². The lowest BCUT2D eigenvalue weighted by Crippen LogP contribution is -2.67. The predicted octanol–water partition coefficient (Wildman–Crippen LogP) is 4.95. The Labute approximate surface area is 181 Å². The van der Waals surface area contributed by atoms with E-state index in [1.165, 1.54) is 11.1 Å². The third-order valence-corrected chi connectivity index (χ3v) is 9.50. The van der Waals surface area contributed by atoms with Crippen molar-refractivity contribution < 1.29 is 9.59 Å². The average molecular weight is 409 g/mol. The van der Waals surface area contributed by atoms with E-state index in [0.717, 1.165) is 58.0 Å². The van der Waals surface area contributed by atoms with Crippen LogP contribution in [-0.2, 0) is 16.6 Å². The molecule has 162 valence electrons. The fourth-order valence-electron chi connectivity index (χ4n) is 7.16. The third-order valence-electron chi connectivity index (χ3n) is 9.50. The van der Waals surface area contributed by atoms with Crippen LogP contribution in [0, 0.1) is 10.8 Å². The van der Waals surface area contributed by atoms with E-state index in [9.17, 15) is 9.59 Å². The van der Waals surface area contributed by atoms with Gasteiger partial charge in [0, 0.05) is 42.9 Å². The predicted molar refractivity (Wildman–Crippen MR) is 119 cm³/mol. The molecule has 0 N–H and O–H groups in total. The molecule has 1 unspecified atom stereocenters. The monoisotopic (exact) mass is 408 g/mol. The van der Waals surface area contributed by atoms with Gasteiger partial charge < -0.3 is 9.80 Å². The second-order valence-corrected chi connectivity index (χ2v) is 11.1. The van der Waals surface area contributed by atoms with E-state index >= 15 is 0 Å². The summed E-state index contributed by atoms with van der Waals surface area (Å²) >= 11 is 0. The van der Waals surface area contributed by atoms with Crippen LogP contribution in [0.15, 0.2) is 24.3 Å². The molecular formula is C26H36N2O2. The number of likely N-dealkylation sites (tertiary alicyclic amines) is 2. The van der Waals surface area contributed by atoms with Crippen molar-refractivity contribution in [2.45, 2.75) is 83.6 Å². The first-order valence-electron chi connectivity index (χ1n) is 12.0. The number of urea groups is 1. The van der Waals surface area contributed by atoms with Crippen molar-refractivity contribution in [1.82, 2.24) is 9.80 Å². The second-order valence-electron chi connectivity index (χ2n) is 11.1. The number of piperidine rings is 2. The fraction of sp³-hybridized carbons (Fsp3) is 0.692. The van der Waals surface area contributed by atoms with Gasteiger partial charge >= 0.3 is 6.03 Å². The molecule has 2 aliphatic carbocycles. The highest BCUT2D eigenvalue weighted by Gasteiger charge is 2.57. The van der Waals surface area contributed by atoms with E-state index in [1.807, 2.05) is 4.90 Å². The van der Waals surface area contributed by atoms with Crippen LogP contribution in [0.4, 0.5) is 4.79 Å². The summed E-state index contributed by atoms with van der Waals surface area (Å²) in [5, 5.41) is 0. The zero-order valence-corrected chi connectivity index (χ0v) is 18.9. The van der Waals surface area contributed by atoms with Crippen molar-refractivity contribution in [3.63, 3.8) is 0 Å². The maximum absolute atomic E-state index is 13.8. The van der Waals surface area contributed by atoms with E-state index < -0.39 is 0 Å². The number of hydrogen-bond donors (Lipinski definition) is 0. The molecule has 1 spiro atoms. The minimum absolute atomic E-state index is 0.0173. The number of carbonyl (C=O) groups is 2. The zero-order chi connectivity index (χ0) is 21.1. The highest BCUT2D eigenvalue weighted by atomic mass is 16.2. The lowest BCUT2D eigenvalue weighted by Gasteiger charge is -2.61. The summed E-state index contributed by atoms with van der Waals surface area (Å²) in [7, 11) is 0. The Kier molecular flexibility index (Phi) is 4.57. The second kappa shape index (κ2) is 6.83. The van der Waals surface area contributed by atoms with E-state index in [4.69, 9.17) is 0 Å². The van der Waals surface area contributed by atoms with Crippen LogP contribution in [0.1, 0.15) is 76.8 Å². The van der Waals surface area contributed by atoms with Crippen molar-refractivity contribution in [3.8, 4) is 0 Å². The molecule has 4 aliphatic rings. The summed E-state index contributed by atoms with van der Waals surface area (Å²) in [5.74, 6) is 0.407. The summed E-state index contributed by atoms with van der Waals surface area (Å²) < 4.78 is 0. The molecule has 0 aromatic heterocycles. The van der Waals surface area contributed by atoms with E-state index in [2.05, 4.69) is 49.9 Å². The first kappa shape index (κ1) is 20.1. The van der Waals surface area contributed by atoms with Gasteiger partial charge in [-0.2, -0.15) is 0 Å². The molecule has 2 aliphatic heterocycles. The van der Waals surface area contributed by atoms with Crippen molar-refractivity contribution in [3.05, 3.63) is 35.4 Å². The van der Waals surface area contributed by atoms with Crippen LogP contribution in [0.5, 0.6) is 0 Å². The van der Waals surface area contributed by atoms with Gasteiger partial charge in [0.1, 0.15) is 5.78 Å². The van der Waals surface area contributed by atoms with Crippen LogP contribution in [0.25, 0.3) is 0 Å². The Bertz CT molecular complexity index is 874. The summed E-state index contributed by atoms with van der Waals surface area (Å²) in [6, 6.07) is 9.22. The van der Waals surface area contributed by atoms with Crippen LogP contribution < -0.4 is 0 Å². The van der Waals surface area contributed by atoms with Crippen LogP contribution >= 0.6 is 0 Å². The third kappa shape index (κ3) is 2.71. The van der Waals surface area contributed by atoms with Crippen LogP contribution in [-0.4, -0.2) is 47.3 Å². The quantitative estimate of drug-likeness (QED) is 0.610. The van der Waals surface area contributed by atoms with Gasteiger partial charge in [0.05, 0.1) is 0 Å². The molecule has 3 fully saturated rings. The van der Waals surface area contributed by atoms with Gasteiger partial charge in [-0.25, -0.2) is 4.79 Å². The first-order chi connectivity index (χ1) is 14.3. The topological polar surface area (TPSA) is 40.6 Å². The standard InChI is InChI=1S/C26H36N2O2/c1-24(2)21-17-19-9-4-5-10-20(19)25(24,3)14-16-28(21)23(30)27-15-8-13-26(18-27)12-7-6-11-22(26)29/h4-5,9-10,21H,6-8,11-18H2,1-3H3/t21-,25+,26?/m1/s1. The van der Waals surface area contributed by atoms with Gasteiger partial charge in [0.2, 0.25) is 0 Å². The molecule has 1 aromatic carbocycles. The summed E-state index contributed by atoms with van der Waals surface area (Å²) in [5.41, 5.74) is 2.72. The molecule has 2 saturated heterocycles. The van der Waals surface area contributed by atoms with Gasteiger partial charge in [0.25, 0.3) is 0 Å². The highest BCUT2D eigenvalue weighted by molar-refractivity contribution is 5.87. The van der Waals surface area contributed by atoms with Crippen molar-refractivity contribution >= 4 is 11.8 Å². The molecule has 2 heterocycles. The lowest BCUT2D eigenvalue weighted by atomic mass is 9.51. The summed E-state index contributed by atoms with van der Waals surface area (Å²) in [6.45, 7) is 9.37. The van der Waals surface area contributed by atoms with Crippen molar-refractivity contribution in [2.24, 2.45) is 10.8 Å². The number of benzene rings is 1. The number of carbonyl (C=O) groups excluding carboxylic acids is 2. The Morgan fingerprint density at radius 2 is 1.77 bits per heavy atom. The zero-order valence-electron chi connectivity index (χ0n) is 18.9. The first-order valence-corrected chi connectivity index (χ1v) is 12.0. The molecule has 30 heavy (non-hydrogen) atoms. The lowest BCUT2D eigenvalue weighted by molar-refractivity contribution is -0.134. The Morgan fingerprint density at radius 3 is 2.57 bits per heavy atom. The number of amides is 2. The molecule has 3 atom stereocenters. The normalized spacial score (nSPS) is 35.3. The molecule has 4 nitrogen and oxygen atoms in total. The Hall–Kier alpha value is -1.84. The van der Waals surface area contributed by atoms with Gasteiger partial charge in [-0.05, 0) is 55.1 Å². The number of rotatable bonds is 0. The molecule has 4 heteroatoms. The number of Topliss-reactive ketones (excluding diaryl/α,β-unsaturated/α-hetero) is 1.